The van der Waals surface area contributed by atoms with Gasteiger partial charge in [-0.1, -0.05) is 11.3 Å². The van der Waals surface area contributed by atoms with E-state index < -0.39 is 18.2 Å². The lowest BCUT2D eigenvalue weighted by Crippen LogP contribution is -2.05. The van der Waals surface area contributed by atoms with Crippen molar-refractivity contribution in [1.82, 2.24) is 20.0 Å². The second-order valence-corrected chi connectivity index (χ2v) is 5.55. The van der Waals surface area contributed by atoms with Gasteiger partial charge in [0, 0.05) is 12.1 Å². The third kappa shape index (κ3) is 4.47. The van der Waals surface area contributed by atoms with E-state index in [1.807, 2.05) is 0 Å². The van der Waals surface area contributed by atoms with Crippen LogP contribution in [0.2, 0.25) is 0 Å². The van der Waals surface area contributed by atoms with Crippen molar-refractivity contribution in [3.63, 3.8) is 0 Å². The summed E-state index contributed by atoms with van der Waals surface area (Å²) in [6.07, 6.45) is 1.53. The summed E-state index contributed by atoms with van der Waals surface area (Å²) < 4.78 is 49.5. The monoisotopic (exact) mass is 414 g/mol. The molecule has 2 heterocycles. The summed E-state index contributed by atoms with van der Waals surface area (Å²) in [4.78, 5) is 4.11. The Bertz CT molecular complexity index is 875. The van der Waals surface area contributed by atoms with Gasteiger partial charge in [0.25, 0.3) is 0 Å². The predicted octanol–water partition coefficient (Wildman–Crippen LogP) is 3.74. The molecule has 0 aliphatic rings. The van der Waals surface area contributed by atoms with Crippen LogP contribution in [-0.4, -0.2) is 26.6 Å². The maximum atomic E-state index is 13.5. The molecule has 1 aromatic carbocycles. The second kappa shape index (κ2) is 7.51. The van der Waals surface area contributed by atoms with Crippen molar-refractivity contribution in [1.29, 1.82) is 0 Å². The zero-order valence-corrected chi connectivity index (χ0v) is 14.0. The molecule has 0 unspecified atom stereocenters. The van der Waals surface area contributed by atoms with Gasteiger partial charge in [0.15, 0.2) is 11.6 Å². The number of alkyl halides is 2. The molecule has 10 heteroatoms. The number of aromatic nitrogens is 4. The van der Waals surface area contributed by atoms with E-state index in [1.54, 1.807) is 18.2 Å². The summed E-state index contributed by atoms with van der Waals surface area (Å²) in [6.45, 7) is -3.02. The van der Waals surface area contributed by atoms with E-state index in [0.717, 1.165) is 12.1 Å². The largest absolute Gasteiger partial charge is 0.471 e. The first-order valence-corrected chi connectivity index (χ1v) is 7.72. The van der Waals surface area contributed by atoms with Gasteiger partial charge >= 0.3 is 6.61 Å². The van der Waals surface area contributed by atoms with E-state index in [1.165, 1.54) is 16.9 Å². The topological polar surface area (TPSA) is 62.1 Å². The fraction of sp³-hybridized carbons (Fsp3) is 0.133. The van der Waals surface area contributed by atoms with Crippen molar-refractivity contribution >= 4 is 15.9 Å². The van der Waals surface area contributed by atoms with Crippen molar-refractivity contribution in [2.75, 3.05) is 0 Å². The maximum Gasteiger partial charge on any atom is 0.387 e. The minimum atomic E-state index is -3.12. The second-order valence-electron chi connectivity index (χ2n) is 4.73. The number of halogens is 4. The summed E-state index contributed by atoms with van der Waals surface area (Å²) in [6, 6.07) is 8.70. The number of hydrogen-bond acceptors (Lipinski definition) is 5. The normalized spacial score (nSPS) is 10.9. The average molecular weight is 415 g/mol. The van der Waals surface area contributed by atoms with Gasteiger partial charge in [0.2, 0.25) is 5.88 Å². The summed E-state index contributed by atoms with van der Waals surface area (Å²) >= 11 is 3.23. The standard InChI is InChI=1S/C15H10BrF3N4O2/c16-13-2-1-3-14(20-13)24-8-9-7-23(22-21-9)10-4-5-11(17)12(6-10)25-15(18)19/h1-7,15H,8H2. The molecule has 0 saturated carbocycles. The highest BCUT2D eigenvalue weighted by molar-refractivity contribution is 9.10. The van der Waals surface area contributed by atoms with Crippen LogP contribution in [0.1, 0.15) is 5.69 Å². The van der Waals surface area contributed by atoms with E-state index >= 15 is 0 Å². The SMILES string of the molecule is Fc1ccc(-n2cc(COc3cccc(Br)n3)nn2)cc1OC(F)F. The minimum Gasteiger partial charge on any atom is -0.471 e. The van der Waals surface area contributed by atoms with Gasteiger partial charge in [-0.15, -0.1) is 5.10 Å². The molecule has 0 bridgehead atoms. The fourth-order valence-corrected chi connectivity index (χ4v) is 2.26. The van der Waals surface area contributed by atoms with E-state index in [9.17, 15) is 13.2 Å². The van der Waals surface area contributed by atoms with E-state index in [2.05, 4.69) is 36.0 Å². The lowest BCUT2D eigenvalue weighted by molar-refractivity contribution is -0.0521. The first-order chi connectivity index (χ1) is 12.0. The highest BCUT2D eigenvalue weighted by atomic mass is 79.9. The Morgan fingerprint density at radius 3 is 2.80 bits per heavy atom. The van der Waals surface area contributed by atoms with Gasteiger partial charge in [-0.3, -0.25) is 0 Å². The van der Waals surface area contributed by atoms with Gasteiger partial charge in [-0.05, 0) is 34.1 Å². The molecule has 3 rings (SSSR count). The number of ether oxygens (including phenoxy) is 2. The van der Waals surface area contributed by atoms with Crippen molar-refractivity contribution in [3.8, 4) is 17.3 Å². The van der Waals surface area contributed by atoms with Crippen LogP contribution in [0, 0.1) is 5.82 Å². The molecule has 6 nitrogen and oxygen atoms in total. The molecule has 0 fully saturated rings. The smallest absolute Gasteiger partial charge is 0.387 e. The van der Waals surface area contributed by atoms with Crippen molar-refractivity contribution in [3.05, 3.63) is 58.7 Å². The van der Waals surface area contributed by atoms with E-state index in [-0.39, 0.29) is 6.61 Å². The van der Waals surface area contributed by atoms with E-state index in [0.29, 0.717) is 21.9 Å². The number of rotatable bonds is 6. The van der Waals surface area contributed by atoms with Crippen molar-refractivity contribution < 1.29 is 22.6 Å². The third-order valence-electron chi connectivity index (χ3n) is 2.99. The van der Waals surface area contributed by atoms with Crippen LogP contribution in [0.15, 0.2) is 47.2 Å². The van der Waals surface area contributed by atoms with Crippen molar-refractivity contribution in [2.45, 2.75) is 13.2 Å². The Hall–Kier alpha value is -2.62. The lowest BCUT2D eigenvalue weighted by Gasteiger charge is -2.07. The number of hydrogen-bond donors (Lipinski definition) is 0. The first-order valence-electron chi connectivity index (χ1n) is 6.92. The molecule has 0 aliphatic carbocycles. The summed E-state index contributed by atoms with van der Waals surface area (Å²) in [5.74, 6) is -1.06. The van der Waals surface area contributed by atoms with Crippen molar-refractivity contribution in [2.24, 2.45) is 0 Å². The molecule has 0 spiro atoms. The van der Waals surface area contributed by atoms with Gasteiger partial charge < -0.3 is 9.47 Å². The predicted molar refractivity (Wildman–Crippen MR) is 84.2 cm³/mol. The molecule has 25 heavy (non-hydrogen) atoms. The minimum absolute atomic E-state index is 0.102. The van der Waals surface area contributed by atoms with Gasteiger partial charge in [-0.25, -0.2) is 14.1 Å². The molecule has 3 aromatic rings. The van der Waals surface area contributed by atoms with E-state index in [4.69, 9.17) is 4.74 Å². The van der Waals surface area contributed by atoms with Crippen LogP contribution in [0.3, 0.4) is 0 Å². The molecular formula is C15H10BrF3N4O2. The Labute approximate surface area is 148 Å². The van der Waals surface area contributed by atoms with Crippen LogP contribution in [0.4, 0.5) is 13.2 Å². The molecule has 0 aliphatic heterocycles. The molecule has 0 atom stereocenters. The van der Waals surface area contributed by atoms with Gasteiger partial charge in [0.05, 0.1) is 11.9 Å². The Morgan fingerprint density at radius 2 is 2.04 bits per heavy atom. The fourth-order valence-electron chi connectivity index (χ4n) is 1.93. The molecule has 0 radical (unpaired) electrons. The van der Waals surface area contributed by atoms with Gasteiger partial charge in [0.1, 0.15) is 16.9 Å². The summed E-state index contributed by atoms with van der Waals surface area (Å²) in [5.41, 5.74) is 0.791. The molecule has 130 valence electrons. The van der Waals surface area contributed by atoms with Crippen LogP contribution < -0.4 is 9.47 Å². The maximum absolute atomic E-state index is 13.5. The molecule has 0 amide bonds. The highest BCUT2D eigenvalue weighted by Gasteiger charge is 2.12. The Kier molecular flexibility index (Phi) is 5.17. The summed E-state index contributed by atoms with van der Waals surface area (Å²) in [5, 5.41) is 7.77. The number of pyridine rings is 1. The summed E-state index contributed by atoms with van der Waals surface area (Å²) in [7, 11) is 0. The quantitative estimate of drug-likeness (QED) is 0.574. The molecular weight excluding hydrogens is 405 g/mol. The molecule has 0 saturated heterocycles. The number of benzene rings is 1. The average Bonchev–Trinajstić information content (AvgIpc) is 3.04. The lowest BCUT2D eigenvalue weighted by atomic mass is 10.3. The number of nitrogens with zero attached hydrogens (tertiary/aromatic N) is 4. The Morgan fingerprint density at radius 1 is 1.20 bits per heavy atom. The molecule has 0 N–H and O–H groups in total. The van der Waals surface area contributed by atoms with Crippen LogP contribution >= 0.6 is 15.9 Å². The molecule has 2 aromatic heterocycles. The first kappa shape index (κ1) is 17.2. The zero-order chi connectivity index (χ0) is 17.8. The van der Waals surface area contributed by atoms with Crippen LogP contribution in [-0.2, 0) is 6.61 Å². The third-order valence-corrected chi connectivity index (χ3v) is 3.44. The van der Waals surface area contributed by atoms with Gasteiger partial charge in [-0.2, -0.15) is 8.78 Å². The zero-order valence-electron chi connectivity index (χ0n) is 12.4. The van der Waals surface area contributed by atoms with Crippen LogP contribution in [0.5, 0.6) is 11.6 Å². The van der Waals surface area contributed by atoms with Crippen LogP contribution in [0.25, 0.3) is 5.69 Å². The highest BCUT2D eigenvalue weighted by Crippen LogP contribution is 2.23. The Balaban J connectivity index is 1.73.